The van der Waals surface area contributed by atoms with Crippen LogP contribution >= 0.6 is 7.60 Å². The summed E-state index contributed by atoms with van der Waals surface area (Å²) in [7, 11) is -4.06. The number of alkyl halides is 2. The Morgan fingerprint density at radius 1 is 0.909 bits per heavy atom. The van der Waals surface area contributed by atoms with Crippen LogP contribution in [0.2, 0.25) is 0 Å². The number of halogens is 2. The second-order valence-corrected chi connectivity index (χ2v) is 22.8. The Labute approximate surface area is 444 Å². The average molecular weight is 1090 g/mol. The van der Waals surface area contributed by atoms with Crippen molar-refractivity contribution in [2.24, 2.45) is 5.73 Å². The standard InChI is InChI=1S/C52H70F2N11O11P/c1-62-24-21-34-12-15-43(65(34)51(73)41(30-62)60-47(69)40-28-31-27-32(11-13-37(31)58-40)52(53,54)77(74,75)76)49(71)59-39(14-17-44(55)66)46(68)56-22-6-4-2-3-5-7-23-63-25-19-33(20-26-63)57-38-10-8-9-35-36(38)29-64(50(35)72)42-16-18-45(67)61-48(42)70/h8-11,13,27-28,33-34,39,41-43,57-58H,2-7,12,14-26,29-30H2,1H3,(H2,55,66)(H,56,68)(H,59,71)(H,60,69)(H,61,67,70)(H2,74,75,76)/t34-,39+,41+,42?,43+/m1/s1. The molecule has 4 saturated heterocycles. The summed E-state index contributed by atoms with van der Waals surface area (Å²) < 4.78 is 40.4. The molecule has 418 valence electrons. The van der Waals surface area contributed by atoms with Gasteiger partial charge >= 0.3 is 13.3 Å². The van der Waals surface area contributed by atoms with E-state index < -0.39 is 78.4 Å². The summed E-state index contributed by atoms with van der Waals surface area (Å²) in [6.45, 7) is 4.18. The molecule has 10 N–H and O–H groups in total. The van der Waals surface area contributed by atoms with Gasteiger partial charge in [-0.15, -0.1) is 0 Å². The van der Waals surface area contributed by atoms with Gasteiger partial charge in [0.2, 0.25) is 35.4 Å². The number of primary amides is 1. The lowest BCUT2D eigenvalue weighted by atomic mass is 10.0. The molecule has 25 heteroatoms. The number of nitrogens with one attached hydrogen (secondary N) is 6. The number of aromatic nitrogens is 1. The number of H-pyrrole nitrogens is 1. The van der Waals surface area contributed by atoms with Gasteiger partial charge < -0.3 is 61.4 Å². The van der Waals surface area contributed by atoms with Gasteiger partial charge in [-0.3, -0.25) is 48.2 Å². The van der Waals surface area contributed by atoms with Crippen molar-refractivity contribution >= 4 is 71.4 Å². The number of benzene rings is 2. The maximum Gasteiger partial charge on any atom is 0.399 e. The Balaban J connectivity index is 0.749. The fraction of sp³-hybridized carbons (Fsp3) is 0.577. The van der Waals surface area contributed by atoms with Gasteiger partial charge in [0.05, 0.1) is 0 Å². The number of hydrogen-bond acceptors (Lipinski definition) is 12. The highest BCUT2D eigenvalue weighted by atomic mass is 31.2. The van der Waals surface area contributed by atoms with E-state index in [4.69, 9.17) is 5.73 Å². The summed E-state index contributed by atoms with van der Waals surface area (Å²) >= 11 is 0. The Morgan fingerprint density at radius 3 is 2.38 bits per heavy atom. The third kappa shape index (κ3) is 13.5. The summed E-state index contributed by atoms with van der Waals surface area (Å²) in [4.78, 5) is 133. The molecule has 22 nitrogen and oxygen atoms in total. The molecule has 0 saturated carbocycles. The van der Waals surface area contributed by atoms with Crippen LogP contribution in [0.5, 0.6) is 0 Å². The Morgan fingerprint density at radius 2 is 1.65 bits per heavy atom. The van der Waals surface area contributed by atoms with Crippen molar-refractivity contribution in [2.45, 2.75) is 145 Å². The fourth-order valence-electron chi connectivity index (χ4n) is 11.3. The number of fused-ring (bicyclic) bond motifs is 3. The number of nitrogens with zero attached hydrogens (tertiary/aromatic N) is 4. The van der Waals surface area contributed by atoms with Crippen LogP contribution in [0.4, 0.5) is 14.5 Å². The molecule has 0 radical (unpaired) electrons. The predicted octanol–water partition coefficient (Wildman–Crippen LogP) is 2.73. The van der Waals surface area contributed by atoms with E-state index in [2.05, 4.69) is 36.5 Å². The molecule has 0 spiro atoms. The van der Waals surface area contributed by atoms with E-state index in [-0.39, 0.29) is 72.7 Å². The first-order valence-corrected chi connectivity index (χ1v) is 28.3. The molecule has 6 heterocycles. The molecule has 4 fully saturated rings. The van der Waals surface area contributed by atoms with E-state index in [0.717, 1.165) is 88.0 Å². The number of anilines is 1. The minimum atomic E-state index is -5.85. The van der Waals surface area contributed by atoms with Crippen LogP contribution in [0, 0.1) is 0 Å². The highest BCUT2D eigenvalue weighted by Crippen LogP contribution is 2.59. The first-order valence-electron chi connectivity index (χ1n) is 26.7. The lowest BCUT2D eigenvalue weighted by Gasteiger charge is -2.37. The second-order valence-electron chi connectivity index (χ2n) is 21.1. The topological polar surface area (TPSA) is 309 Å². The number of carbonyl (C=O) groups excluding carboxylic acids is 8. The minimum Gasteiger partial charge on any atom is -0.382 e. The third-order valence-corrected chi connectivity index (χ3v) is 16.6. The SMILES string of the molecule is CN1CC[C@H]2CC[C@@H](C(=O)N[C@@H](CCC(N)=O)C(=O)NCCCCCCCCN3CCC(Nc4cccc5c4CN(C4CCC(=O)NC4=O)C5=O)CC3)N2C(=O)[C@@H](NC(=O)c2cc3cc(C(F)(F)P(=O)(O)O)ccc3[nH]2)C1. The normalized spacial score (nSPS) is 22.2. The van der Waals surface area contributed by atoms with E-state index in [1.54, 1.807) is 18.0 Å². The molecule has 1 aromatic heterocycles. The molecule has 5 atom stereocenters. The highest BCUT2D eigenvalue weighted by Gasteiger charge is 2.51. The van der Waals surface area contributed by atoms with Gasteiger partial charge in [0.1, 0.15) is 29.9 Å². The van der Waals surface area contributed by atoms with Crippen molar-refractivity contribution in [1.29, 1.82) is 0 Å². The molecule has 1 unspecified atom stereocenters. The molecule has 8 rings (SSSR count). The summed E-state index contributed by atoms with van der Waals surface area (Å²) in [5.74, 6) is -3.93. The smallest absolute Gasteiger partial charge is 0.382 e. The van der Waals surface area contributed by atoms with E-state index >= 15 is 0 Å². The van der Waals surface area contributed by atoms with E-state index in [0.29, 0.717) is 50.9 Å². The van der Waals surface area contributed by atoms with Crippen LogP contribution in [0.3, 0.4) is 0 Å². The number of likely N-dealkylation sites (N-methyl/N-ethyl adjacent to an activating group) is 1. The maximum absolute atomic E-state index is 14.5. The van der Waals surface area contributed by atoms with Crippen LogP contribution in [0.15, 0.2) is 42.5 Å². The number of nitrogens with two attached hydrogens (primary N) is 1. The van der Waals surface area contributed by atoms with Crippen molar-refractivity contribution in [3.05, 3.63) is 64.8 Å². The van der Waals surface area contributed by atoms with Crippen molar-refractivity contribution in [3.8, 4) is 0 Å². The summed E-state index contributed by atoms with van der Waals surface area (Å²) in [5.41, 5.74) is 2.57. The lowest BCUT2D eigenvalue weighted by molar-refractivity contribution is -0.144. The Kier molecular flexibility index (Phi) is 18.1. The number of likely N-dealkylation sites (tertiary alicyclic amines) is 1. The molecule has 77 heavy (non-hydrogen) atoms. The Hall–Kier alpha value is -6.33. The number of carbonyl (C=O) groups is 8. The van der Waals surface area contributed by atoms with Crippen molar-refractivity contribution in [1.82, 2.24) is 45.9 Å². The third-order valence-electron chi connectivity index (χ3n) is 15.6. The molecule has 3 aromatic rings. The van der Waals surface area contributed by atoms with Gasteiger partial charge in [0.15, 0.2) is 0 Å². The first-order chi connectivity index (χ1) is 36.7. The summed E-state index contributed by atoms with van der Waals surface area (Å²) in [6.07, 6.45) is 9.25. The van der Waals surface area contributed by atoms with Crippen LogP contribution in [0.25, 0.3) is 10.9 Å². The van der Waals surface area contributed by atoms with Gasteiger partial charge in [-0.1, -0.05) is 37.8 Å². The number of aromatic amines is 1. The van der Waals surface area contributed by atoms with E-state index in [9.17, 15) is 61.5 Å². The summed E-state index contributed by atoms with van der Waals surface area (Å²) in [5, 5.41) is 14.5. The van der Waals surface area contributed by atoms with Gasteiger partial charge in [0, 0.05) is 90.9 Å². The molecule has 8 amide bonds. The molecule has 0 bridgehead atoms. The number of piperidine rings is 2. The number of imide groups is 1. The minimum absolute atomic E-state index is 0.0540. The monoisotopic (exact) mass is 1090 g/mol. The van der Waals surface area contributed by atoms with Crippen molar-refractivity contribution < 1.29 is 61.5 Å². The molecular weight excluding hydrogens is 1020 g/mol. The van der Waals surface area contributed by atoms with E-state index in [1.807, 2.05) is 17.0 Å². The van der Waals surface area contributed by atoms with Gasteiger partial charge in [-0.25, -0.2) is 0 Å². The largest absolute Gasteiger partial charge is 0.399 e. The molecule has 5 aliphatic rings. The van der Waals surface area contributed by atoms with E-state index in [1.165, 1.54) is 17.0 Å². The second kappa shape index (κ2) is 24.6. The van der Waals surface area contributed by atoms with Gasteiger partial charge in [-0.05, 0) is 108 Å². The van der Waals surface area contributed by atoms with Gasteiger partial charge in [0.25, 0.3) is 11.8 Å². The zero-order valence-corrected chi connectivity index (χ0v) is 44.1. The number of amides is 8. The van der Waals surface area contributed by atoms with Crippen molar-refractivity contribution in [3.63, 3.8) is 0 Å². The Bertz CT molecular complexity index is 2780. The number of rotatable bonds is 22. The lowest BCUT2D eigenvalue weighted by Crippen LogP contribution is -2.61. The van der Waals surface area contributed by atoms with Crippen LogP contribution < -0.4 is 32.3 Å². The number of hydrogen-bond donors (Lipinski definition) is 9. The van der Waals surface area contributed by atoms with Crippen LogP contribution in [-0.2, 0) is 45.5 Å². The quantitative estimate of drug-likeness (QED) is 0.0397. The number of unbranched alkanes of at least 4 members (excludes halogenated alkanes) is 5. The van der Waals surface area contributed by atoms with Crippen molar-refractivity contribution in [2.75, 3.05) is 51.6 Å². The van der Waals surface area contributed by atoms with Gasteiger partial charge in [-0.2, -0.15) is 8.78 Å². The van der Waals surface area contributed by atoms with Crippen LogP contribution in [0.1, 0.15) is 128 Å². The molecular formula is C52H70F2N11O11P. The fourth-order valence-corrected chi connectivity index (χ4v) is 11.8. The average Bonchev–Trinajstić information content (AvgIpc) is 4.14. The molecule has 0 aliphatic carbocycles. The van der Waals surface area contributed by atoms with Crippen LogP contribution in [-0.4, -0.2) is 164 Å². The molecule has 2 aromatic carbocycles. The molecule has 5 aliphatic heterocycles. The zero-order valence-electron chi connectivity index (χ0n) is 43.2. The maximum atomic E-state index is 14.5. The predicted molar refractivity (Wildman–Crippen MR) is 278 cm³/mol. The highest BCUT2D eigenvalue weighted by molar-refractivity contribution is 7.52. The zero-order chi connectivity index (χ0) is 55.2. The first kappa shape index (κ1) is 56.9. The summed E-state index contributed by atoms with van der Waals surface area (Å²) in [6, 6.07) is 5.75.